The lowest BCUT2D eigenvalue weighted by Crippen LogP contribution is -2.04. The zero-order valence-corrected chi connectivity index (χ0v) is 6.42. The molecule has 1 saturated carbocycles. The van der Waals surface area contributed by atoms with Gasteiger partial charge in [0, 0.05) is 5.56 Å². The topological polar surface area (TPSA) is 40.5 Å². The first-order chi connectivity index (χ1) is 5.62. The highest BCUT2D eigenvalue weighted by Crippen LogP contribution is 2.48. The van der Waals surface area contributed by atoms with Gasteiger partial charge in [-0.15, -0.1) is 0 Å². The van der Waals surface area contributed by atoms with Crippen LogP contribution in [0.2, 0.25) is 0 Å². The van der Waals surface area contributed by atoms with Crippen molar-refractivity contribution in [1.29, 1.82) is 0 Å². The van der Waals surface area contributed by atoms with Gasteiger partial charge >= 0.3 is 0 Å². The molecule has 0 atom stereocenters. The standard InChI is InChI=1S/C9H9FO2/c10-6-1-2-8(11)7(5-6)9(12)3-4-9/h1-2,5,11-12H,3-4H2. The summed E-state index contributed by atoms with van der Waals surface area (Å²) in [6.07, 6.45) is 1.20. The van der Waals surface area contributed by atoms with E-state index in [1.165, 1.54) is 18.2 Å². The van der Waals surface area contributed by atoms with Crippen LogP contribution in [-0.2, 0) is 5.60 Å². The maximum absolute atomic E-state index is 12.7. The van der Waals surface area contributed by atoms with Crippen LogP contribution in [0.5, 0.6) is 5.75 Å². The largest absolute Gasteiger partial charge is 0.508 e. The van der Waals surface area contributed by atoms with E-state index in [0.717, 1.165) is 0 Å². The number of phenols is 1. The molecule has 1 fully saturated rings. The van der Waals surface area contributed by atoms with Crippen molar-refractivity contribution in [2.75, 3.05) is 0 Å². The molecule has 64 valence electrons. The van der Waals surface area contributed by atoms with Gasteiger partial charge in [-0.2, -0.15) is 0 Å². The number of hydrogen-bond donors (Lipinski definition) is 2. The zero-order chi connectivity index (χ0) is 8.77. The molecule has 0 aliphatic heterocycles. The second-order valence-corrected chi connectivity index (χ2v) is 3.19. The SMILES string of the molecule is Oc1ccc(F)cc1C1(O)CC1. The van der Waals surface area contributed by atoms with Crippen LogP contribution in [-0.4, -0.2) is 10.2 Å². The van der Waals surface area contributed by atoms with Crippen molar-refractivity contribution < 1.29 is 14.6 Å². The summed E-state index contributed by atoms with van der Waals surface area (Å²) in [7, 11) is 0. The molecule has 1 aromatic rings. The van der Waals surface area contributed by atoms with Crippen molar-refractivity contribution >= 4 is 0 Å². The van der Waals surface area contributed by atoms with Crippen LogP contribution in [0.3, 0.4) is 0 Å². The molecule has 0 unspecified atom stereocenters. The van der Waals surface area contributed by atoms with Gasteiger partial charge in [-0.3, -0.25) is 0 Å². The van der Waals surface area contributed by atoms with E-state index < -0.39 is 11.4 Å². The van der Waals surface area contributed by atoms with Gasteiger partial charge < -0.3 is 10.2 Å². The Kier molecular flexibility index (Phi) is 1.38. The van der Waals surface area contributed by atoms with E-state index in [-0.39, 0.29) is 5.75 Å². The smallest absolute Gasteiger partial charge is 0.123 e. The molecule has 2 N–H and O–H groups in total. The Balaban J connectivity index is 2.48. The number of aromatic hydroxyl groups is 1. The van der Waals surface area contributed by atoms with Gasteiger partial charge in [0.05, 0.1) is 5.60 Å². The fourth-order valence-corrected chi connectivity index (χ4v) is 1.27. The Morgan fingerprint density at radius 2 is 2.00 bits per heavy atom. The summed E-state index contributed by atoms with van der Waals surface area (Å²) >= 11 is 0. The summed E-state index contributed by atoms with van der Waals surface area (Å²) in [6.45, 7) is 0. The highest BCUT2D eigenvalue weighted by Gasteiger charge is 2.44. The van der Waals surface area contributed by atoms with E-state index in [0.29, 0.717) is 18.4 Å². The Labute approximate surface area is 69.3 Å². The Morgan fingerprint density at radius 1 is 1.33 bits per heavy atom. The number of aliphatic hydroxyl groups is 1. The number of phenolic OH excluding ortho intramolecular Hbond substituents is 1. The fourth-order valence-electron chi connectivity index (χ4n) is 1.27. The Hall–Kier alpha value is -1.09. The van der Waals surface area contributed by atoms with Crippen LogP contribution in [0.4, 0.5) is 4.39 Å². The van der Waals surface area contributed by atoms with Crippen LogP contribution in [0, 0.1) is 5.82 Å². The van der Waals surface area contributed by atoms with Crippen molar-refractivity contribution in [3.05, 3.63) is 29.6 Å². The van der Waals surface area contributed by atoms with E-state index >= 15 is 0 Å². The molecule has 0 spiro atoms. The maximum Gasteiger partial charge on any atom is 0.123 e. The minimum atomic E-state index is -0.966. The van der Waals surface area contributed by atoms with Gasteiger partial charge in [-0.05, 0) is 31.0 Å². The zero-order valence-electron chi connectivity index (χ0n) is 6.42. The Morgan fingerprint density at radius 3 is 2.58 bits per heavy atom. The Bertz CT molecular complexity index is 318. The van der Waals surface area contributed by atoms with Crippen molar-refractivity contribution in [2.45, 2.75) is 18.4 Å². The van der Waals surface area contributed by atoms with Gasteiger partial charge in [-0.25, -0.2) is 4.39 Å². The first kappa shape index (κ1) is 7.55. The summed E-state index contributed by atoms with van der Waals surface area (Å²) in [5, 5.41) is 18.9. The first-order valence-electron chi connectivity index (χ1n) is 3.83. The molecule has 0 aromatic heterocycles. The average molecular weight is 168 g/mol. The van der Waals surface area contributed by atoms with E-state index in [1.54, 1.807) is 0 Å². The summed E-state index contributed by atoms with van der Waals surface area (Å²) in [6, 6.07) is 3.62. The highest BCUT2D eigenvalue weighted by atomic mass is 19.1. The van der Waals surface area contributed by atoms with Gasteiger partial charge in [-0.1, -0.05) is 0 Å². The molecule has 12 heavy (non-hydrogen) atoms. The molecule has 2 nitrogen and oxygen atoms in total. The predicted octanol–water partition coefficient (Wildman–Crippen LogP) is 1.51. The first-order valence-corrected chi connectivity index (χ1v) is 3.83. The third-order valence-corrected chi connectivity index (χ3v) is 2.18. The number of hydrogen-bond acceptors (Lipinski definition) is 2. The van der Waals surface area contributed by atoms with Crippen LogP contribution in [0.1, 0.15) is 18.4 Å². The van der Waals surface area contributed by atoms with E-state index in [2.05, 4.69) is 0 Å². The maximum atomic E-state index is 12.7. The normalized spacial score (nSPS) is 19.2. The minimum absolute atomic E-state index is 0.0311. The van der Waals surface area contributed by atoms with Gasteiger partial charge in [0.1, 0.15) is 11.6 Å². The lowest BCUT2D eigenvalue weighted by Gasteiger charge is -2.09. The molecule has 1 aliphatic carbocycles. The van der Waals surface area contributed by atoms with Crippen molar-refractivity contribution in [2.24, 2.45) is 0 Å². The third-order valence-electron chi connectivity index (χ3n) is 2.18. The molecule has 0 bridgehead atoms. The molecule has 0 saturated heterocycles. The van der Waals surface area contributed by atoms with E-state index in [4.69, 9.17) is 0 Å². The lowest BCUT2D eigenvalue weighted by atomic mass is 10.1. The average Bonchev–Trinajstić information content (AvgIpc) is 2.75. The predicted molar refractivity (Wildman–Crippen MR) is 41.2 cm³/mol. The second kappa shape index (κ2) is 2.20. The number of rotatable bonds is 1. The van der Waals surface area contributed by atoms with Crippen molar-refractivity contribution in [3.8, 4) is 5.75 Å². The van der Waals surface area contributed by atoms with E-state index in [1.807, 2.05) is 0 Å². The molecule has 0 heterocycles. The second-order valence-electron chi connectivity index (χ2n) is 3.19. The lowest BCUT2D eigenvalue weighted by molar-refractivity contribution is 0.147. The van der Waals surface area contributed by atoms with Gasteiger partial charge in [0.25, 0.3) is 0 Å². The number of halogens is 1. The minimum Gasteiger partial charge on any atom is -0.508 e. The van der Waals surface area contributed by atoms with Crippen molar-refractivity contribution in [1.82, 2.24) is 0 Å². The molecule has 2 rings (SSSR count). The molecule has 0 radical (unpaired) electrons. The highest BCUT2D eigenvalue weighted by molar-refractivity contribution is 5.40. The molecule has 1 aliphatic rings. The summed E-state index contributed by atoms with van der Waals surface area (Å²) < 4.78 is 12.7. The molecular formula is C9H9FO2. The van der Waals surface area contributed by atoms with Crippen LogP contribution in [0.15, 0.2) is 18.2 Å². The van der Waals surface area contributed by atoms with Crippen LogP contribution in [0.25, 0.3) is 0 Å². The quantitative estimate of drug-likeness (QED) is 0.667. The fraction of sp³-hybridized carbons (Fsp3) is 0.333. The summed E-state index contributed by atoms with van der Waals surface area (Å²) in [4.78, 5) is 0. The molecular weight excluding hydrogens is 159 g/mol. The monoisotopic (exact) mass is 168 g/mol. The van der Waals surface area contributed by atoms with Gasteiger partial charge in [0.2, 0.25) is 0 Å². The van der Waals surface area contributed by atoms with Crippen LogP contribution >= 0.6 is 0 Å². The third kappa shape index (κ3) is 1.06. The molecule has 3 heteroatoms. The van der Waals surface area contributed by atoms with E-state index in [9.17, 15) is 14.6 Å². The van der Waals surface area contributed by atoms with Crippen LogP contribution < -0.4 is 0 Å². The summed E-state index contributed by atoms with van der Waals surface area (Å²) in [5.74, 6) is -0.459. The molecule has 1 aromatic carbocycles. The van der Waals surface area contributed by atoms with Gasteiger partial charge in [0.15, 0.2) is 0 Å². The number of benzene rings is 1. The molecule has 0 amide bonds. The van der Waals surface area contributed by atoms with Crippen molar-refractivity contribution in [3.63, 3.8) is 0 Å². The summed E-state index contributed by atoms with van der Waals surface area (Å²) in [5.41, 5.74) is -0.658.